The van der Waals surface area contributed by atoms with Crippen molar-refractivity contribution in [3.05, 3.63) is 72.6 Å². The normalized spacial score (nSPS) is 11.4. The van der Waals surface area contributed by atoms with Crippen molar-refractivity contribution in [3.63, 3.8) is 0 Å². The number of hydrogen-bond acceptors (Lipinski definition) is 2. The molecule has 1 aromatic carbocycles. The summed E-state index contributed by atoms with van der Waals surface area (Å²) >= 11 is 0. The van der Waals surface area contributed by atoms with Crippen LogP contribution in [0.25, 0.3) is 0 Å². The molecule has 5 heteroatoms. The van der Waals surface area contributed by atoms with Crippen LogP contribution in [0.15, 0.2) is 61.3 Å². The van der Waals surface area contributed by atoms with Crippen molar-refractivity contribution < 1.29 is 9.59 Å². The Morgan fingerprint density at radius 1 is 1.06 bits per heavy atom. The lowest BCUT2D eigenvalue weighted by Gasteiger charge is -2.31. The Hall–Kier alpha value is -2.82. The first-order valence-electron chi connectivity index (χ1n) is 11.0. The van der Waals surface area contributed by atoms with E-state index in [0.717, 1.165) is 12.2 Å². The molecular weight excluding hydrogens is 386 g/mol. The lowest BCUT2D eigenvalue weighted by Crippen LogP contribution is -2.46. The van der Waals surface area contributed by atoms with Gasteiger partial charge in [0.2, 0.25) is 11.8 Å². The summed E-state index contributed by atoms with van der Waals surface area (Å²) in [5.74, 6) is -0.0662. The van der Waals surface area contributed by atoms with Gasteiger partial charge in [-0.3, -0.25) is 9.59 Å². The smallest absolute Gasteiger partial charge is 0.242 e. The number of rotatable bonds is 10. The van der Waals surface area contributed by atoms with E-state index in [2.05, 4.69) is 29.3 Å². The molecule has 0 unspecified atom stereocenters. The van der Waals surface area contributed by atoms with Gasteiger partial charge >= 0.3 is 0 Å². The number of nitrogens with zero attached hydrogens (tertiary/aromatic N) is 3. The summed E-state index contributed by atoms with van der Waals surface area (Å²) in [6, 6.07) is 14.4. The number of carbonyl (C=O) groups is 2. The van der Waals surface area contributed by atoms with Crippen LogP contribution in [0, 0.1) is 5.41 Å². The summed E-state index contributed by atoms with van der Waals surface area (Å²) in [6.45, 7) is 15.6. The fourth-order valence-electron chi connectivity index (χ4n) is 3.49. The minimum atomic E-state index is -0.129. The predicted molar refractivity (Wildman–Crippen MR) is 127 cm³/mol. The van der Waals surface area contributed by atoms with E-state index in [1.165, 1.54) is 5.56 Å². The highest BCUT2D eigenvalue weighted by atomic mass is 16.2. The van der Waals surface area contributed by atoms with Crippen LogP contribution in [0.3, 0.4) is 0 Å². The second-order valence-corrected chi connectivity index (χ2v) is 9.53. The largest absolute Gasteiger partial charge is 0.345 e. The van der Waals surface area contributed by atoms with Crippen molar-refractivity contribution in [2.45, 2.75) is 60.2 Å². The quantitative estimate of drug-likeness (QED) is 0.519. The molecule has 2 amide bonds. The molecule has 0 saturated heterocycles. The van der Waals surface area contributed by atoms with Gasteiger partial charge in [0.25, 0.3) is 0 Å². The van der Waals surface area contributed by atoms with Gasteiger partial charge in [-0.1, -0.05) is 57.2 Å². The van der Waals surface area contributed by atoms with Gasteiger partial charge in [0, 0.05) is 37.4 Å². The van der Waals surface area contributed by atoms with E-state index in [1.807, 2.05) is 70.0 Å². The fraction of sp³-hybridized carbons (Fsp3) is 0.462. The first kappa shape index (κ1) is 24.4. The lowest BCUT2D eigenvalue weighted by molar-refractivity contribution is -0.142. The highest BCUT2D eigenvalue weighted by Crippen LogP contribution is 2.20. The molecule has 0 saturated carbocycles. The average Bonchev–Trinajstić information content (AvgIpc) is 3.11. The maximum absolute atomic E-state index is 13.2. The molecule has 2 aromatic rings. The summed E-state index contributed by atoms with van der Waals surface area (Å²) in [4.78, 5) is 29.4. The van der Waals surface area contributed by atoms with Gasteiger partial charge in [0.1, 0.15) is 6.54 Å². The number of carbonyl (C=O) groups excluding carboxylic acids is 2. The van der Waals surface area contributed by atoms with E-state index in [9.17, 15) is 9.59 Å². The third-order valence-corrected chi connectivity index (χ3v) is 5.11. The molecule has 168 valence electrons. The van der Waals surface area contributed by atoms with E-state index >= 15 is 0 Å². The van der Waals surface area contributed by atoms with Crippen molar-refractivity contribution >= 4 is 11.8 Å². The molecule has 0 aliphatic carbocycles. The van der Waals surface area contributed by atoms with Gasteiger partial charge in [-0.05, 0) is 37.0 Å². The molecule has 0 radical (unpaired) electrons. The first-order valence-corrected chi connectivity index (χ1v) is 11.0. The Balaban J connectivity index is 2.13. The summed E-state index contributed by atoms with van der Waals surface area (Å²) in [6.07, 6.45) is 4.12. The van der Waals surface area contributed by atoms with Gasteiger partial charge in [0.05, 0.1) is 6.54 Å². The zero-order chi connectivity index (χ0) is 23.0. The van der Waals surface area contributed by atoms with Crippen LogP contribution in [-0.2, 0) is 22.7 Å². The highest BCUT2D eigenvalue weighted by molar-refractivity contribution is 5.85. The average molecular weight is 424 g/mol. The second-order valence-electron chi connectivity index (χ2n) is 9.53. The van der Waals surface area contributed by atoms with Crippen LogP contribution in [-0.4, -0.2) is 45.3 Å². The Morgan fingerprint density at radius 3 is 2.32 bits per heavy atom. The van der Waals surface area contributed by atoms with E-state index in [-0.39, 0.29) is 29.8 Å². The minimum Gasteiger partial charge on any atom is -0.345 e. The van der Waals surface area contributed by atoms with Crippen molar-refractivity contribution in [1.29, 1.82) is 0 Å². The highest BCUT2D eigenvalue weighted by Gasteiger charge is 2.26. The maximum Gasteiger partial charge on any atom is 0.242 e. The maximum atomic E-state index is 13.2. The zero-order valence-electron chi connectivity index (χ0n) is 19.7. The van der Waals surface area contributed by atoms with Crippen molar-refractivity contribution in [3.8, 4) is 0 Å². The van der Waals surface area contributed by atoms with Crippen molar-refractivity contribution in [2.75, 3.05) is 13.1 Å². The summed E-state index contributed by atoms with van der Waals surface area (Å²) < 4.78 is 2.17. The topological polar surface area (TPSA) is 45.6 Å². The van der Waals surface area contributed by atoms with E-state index < -0.39 is 0 Å². The lowest BCUT2D eigenvalue weighted by atomic mass is 9.91. The Labute approximate surface area is 187 Å². The molecule has 0 fully saturated rings. The molecule has 0 spiro atoms. The standard InChI is InChI=1S/C26H37N3O2/c1-7-15-28(24(30)17-26(4,5)6)20-25(31)29(21(2)3)19-23-14-11-16-27(23)18-22-12-9-8-10-13-22/h7-14,16,21H,1,15,17-20H2,2-6H3. The molecule has 0 aliphatic rings. The SMILES string of the molecule is C=CCN(CC(=O)N(Cc1cccn1Cc1ccccc1)C(C)C)C(=O)CC(C)(C)C. The van der Waals surface area contributed by atoms with Gasteiger partial charge in [-0.2, -0.15) is 0 Å². The van der Waals surface area contributed by atoms with Crippen LogP contribution in [0.2, 0.25) is 0 Å². The third-order valence-electron chi connectivity index (χ3n) is 5.11. The molecule has 31 heavy (non-hydrogen) atoms. The summed E-state index contributed by atoms with van der Waals surface area (Å²) in [5.41, 5.74) is 2.16. The summed E-state index contributed by atoms with van der Waals surface area (Å²) in [7, 11) is 0. The van der Waals surface area contributed by atoms with Crippen LogP contribution < -0.4 is 0 Å². The third kappa shape index (κ3) is 7.74. The minimum absolute atomic E-state index is 0.0168. The molecule has 1 aromatic heterocycles. The van der Waals surface area contributed by atoms with E-state index in [4.69, 9.17) is 0 Å². The Kier molecular flexibility index (Phi) is 8.66. The Bertz CT molecular complexity index is 862. The number of aromatic nitrogens is 1. The van der Waals surface area contributed by atoms with E-state index in [1.54, 1.807) is 11.0 Å². The van der Waals surface area contributed by atoms with Crippen LogP contribution in [0.4, 0.5) is 0 Å². The van der Waals surface area contributed by atoms with Gasteiger partial charge in [-0.25, -0.2) is 0 Å². The molecule has 0 aliphatic heterocycles. The zero-order valence-corrected chi connectivity index (χ0v) is 19.7. The molecule has 2 rings (SSSR count). The monoisotopic (exact) mass is 423 g/mol. The van der Waals surface area contributed by atoms with Gasteiger partial charge in [-0.15, -0.1) is 6.58 Å². The number of benzene rings is 1. The number of amides is 2. The first-order chi connectivity index (χ1) is 14.6. The molecule has 0 atom stereocenters. The van der Waals surface area contributed by atoms with Gasteiger partial charge < -0.3 is 14.4 Å². The predicted octanol–water partition coefficient (Wildman–Crippen LogP) is 4.72. The molecular formula is C26H37N3O2. The number of hydrogen-bond donors (Lipinski definition) is 0. The van der Waals surface area contributed by atoms with Crippen LogP contribution >= 0.6 is 0 Å². The van der Waals surface area contributed by atoms with Crippen LogP contribution in [0.1, 0.15) is 52.3 Å². The Morgan fingerprint density at radius 2 is 1.74 bits per heavy atom. The molecule has 0 bridgehead atoms. The van der Waals surface area contributed by atoms with E-state index in [0.29, 0.717) is 19.5 Å². The van der Waals surface area contributed by atoms with Gasteiger partial charge in [0.15, 0.2) is 0 Å². The second kappa shape index (κ2) is 11.0. The molecule has 1 heterocycles. The van der Waals surface area contributed by atoms with Crippen molar-refractivity contribution in [2.24, 2.45) is 5.41 Å². The van der Waals surface area contributed by atoms with Crippen LogP contribution in [0.5, 0.6) is 0 Å². The summed E-state index contributed by atoms with van der Waals surface area (Å²) in [5, 5.41) is 0. The molecule has 0 N–H and O–H groups in total. The molecule has 5 nitrogen and oxygen atoms in total. The fourth-order valence-corrected chi connectivity index (χ4v) is 3.49. The van der Waals surface area contributed by atoms with Crippen molar-refractivity contribution in [1.82, 2.24) is 14.4 Å².